The number of aliphatic hydroxyl groups is 4. The number of hydrogen-bond acceptors (Lipinski definition) is 25. The number of piperazine rings is 1. The first-order chi connectivity index (χ1) is 43.7. The first-order valence-corrected chi connectivity index (χ1v) is 30.4. The van der Waals surface area contributed by atoms with E-state index in [9.17, 15) is 49.5 Å². The van der Waals surface area contributed by atoms with E-state index in [1.54, 1.807) is 57.0 Å². The number of phenols is 3. The molecule has 2 aromatic carbocycles. The second-order valence-electron chi connectivity index (χ2n) is 22.8. The molecule has 3 amide bonds. The number of rotatable bonds is 15. The number of ketones is 1. The smallest absolute Gasteiger partial charge is 0.312 e. The van der Waals surface area contributed by atoms with Gasteiger partial charge in [0.05, 0.1) is 72.4 Å². The number of allylic oxidation sites excluding steroid dienone is 2. The molecule has 29 heteroatoms. The van der Waals surface area contributed by atoms with E-state index >= 15 is 0 Å². The lowest BCUT2D eigenvalue weighted by Crippen LogP contribution is -2.46. The normalized spacial score (nSPS) is 24.5. The molecule has 5 bridgehead atoms. The molecule has 8 rings (SSSR count). The number of nitrogens with zero attached hydrogens (tertiary/aromatic N) is 6. The number of anilines is 1. The van der Waals surface area contributed by atoms with Crippen LogP contribution in [-0.4, -0.2) is 205 Å². The van der Waals surface area contributed by atoms with Crippen molar-refractivity contribution in [3.05, 3.63) is 107 Å². The molecular weight excluding hydrogens is 1230 g/mol. The summed E-state index contributed by atoms with van der Waals surface area (Å²) in [5.74, 6) is -4.31. The molecular formula is C64H95ClN12O16. The van der Waals surface area contributed by atoms with Crippen molar-refractivity contribution in [2.75, 3.05) is 72.0 Å². The average molecular weight is 1320 g/mol. The number of nitrogen functional groups attached to an aromatic ring is 1. The number of methoxy groups -OCH3 is 1. The van der Waals surface area contributed by atoms with Gasteiger partial charge in [-0.15, -0.1) is 12.4 Å². The predicted octanol–water partition coefficient (Wildman–Crippen LogP) is 3.73. The van der Waals surface area contributed by atoms with Crippen LogP contribution in [-0.2, 0) is 23.8 Å². The van der Waals surface area contributed by atoms with Gasteiger partial charge >= 0.3 is 11.8 Å². The highest BCUT2D eigenvalue weighted by molar-refractivity contribution is 6.24. The highest BCUT2D eigenvalue weighted by atomic mass is 35.5. The van der Waals surface area contributed by atoms with Gasteiger partial charge in [-0.1, -0.05) is 59.8 Å². The van der Waals surface area contributed by atoms with Crippen LogP contribution >= 0.6 is 12.4 Å². The minimum Gasteiger partial charge on any atom is -0.507 e. The fraction of sp³-hybridized carbons (Fsp3) is 0.516. The molecule has 514 valence electrons. The molecule has 28 nitrogen and oxygen atoms in total. The second kappa shape index (κ2) is 38.3. The van der Waals surface area contributed by atoms with Crippen molar-refractivity contribution in [2.45, 2.75) is 124 Å². The lowest BCUT2D eigenvalue weighted by Gasteiger charge is -2.38. The SMILES string of the molecule is CC[C@@H](CO)NCCN[C@@H](CC)CO.CO[C@H]1/C=C/O[C@@]2(C)Oc3c(C)c(O)c4c(O)c(c(/C=N/N5CCN(C)CC5)c(O)c4c3C2=O)NC(=O)/C(C)=C\C=C\[C@H](C)[C@H](O)[C@@H](C)[C@@H](O)[C@@H](C)[C@H](OC(C)=O)[C@@H]1C.Cl.NC(=O)c1cnccn1.NNC(=O)c1ccncc1. The minimum atomic E-state index is -2.04. The van der Waals surface area contributed by atoms with Crippen LogP contribution in [0, 0.1) is 30.6 Å². The number of hydrazine groups is 1. The molecule has 0 unspecified atom stereocenters. The number of fused-ring (bicyclic) bond motifs is 14. The number of aromatic hydroxyl groups is 3. The summed E-state index contributed by atoms with van der Waals surface area (Å²) < 4.78 is 23.6. The zero-order valence-electron chi connectivity index (χ0n) is 54.9. The number of hydrogen-bond donors (Lipinski definition) is 13. The molecule has 1 fully saturated rings. The van der Waals surface area contributed by atoms with Crippen molar-refractivity contribution in [3.8, 4) is 23.0 Å². The number of likely N-dealkylation sites (N-methyl/N-ethyl adjacent to an activating group) is 1. The molecule has 4 aromatic rings. The van der Waals surface area contributed by atoms with Crippen LogP contribution < -0.4 is 37.7 Å². The molecule has 6 heterocycles. The van der Waals surface area contributed by atoms with Crippen LogP contribution in [0.3, 0.4) is 0 Å². The van der Waals surface area contributed by atoms with E-state index in [-0.39, 0.29) is 93.8 Å². The van der Waals surface area contributed by atoms with Gasteiger partial charge in [0.1, 0.15) is 29.0 Å². The Morgan fingerprint density at radius 1 is 0.871 bits per heavy atom. The Hall–Kier alpha value is -7.90. The van der Waals surface area contributed by atoms with Crippen LogP contribution in [0.5, 0.6) is 23.0 Å². The van der Waals surface area contributed by atoms with Crippen molar-refractivity contribution < 1.29 is 78.7 Å². The van der Waals surface area contributed by atoms with Gasteiger partial charge in [0, 0.05) is 143 Å². The van der Waals surface area contributed by atoms with Crippen molar-refractivity contribution in [3.63, 3.8) is 0 Å². The number of pyridine rings is 1. The lowest BCUT2D eigenvalue weighted by atomic mass is 9.78. The van der Waals surface area contributed by atoms with Gasteiger partial charge in [-0.25, -0.2) is 10.8 Å². The van der Waals surface area contributed by atoms with Gasteiger partial charge < -0.3 is 81.3 Å². The lowest BCUT2D eigenvalue weighted by molar-refractivity contribution is -0.160. The third-order valence-corrected chi connectivity index (χ3v) is 16.2. The quantitative estimate of drug-likeness (QED) is 0.0118. The van der Waals surface area contributed by atoms with Crippen molar-refractivity contribution >= 4 is 64.6 Å². The molecule has 2 aromatic heterocycles. The Labute approximate surface area is 548 Å². The largest absolute Gasteiger partial charge is 0.507 e. The van der Waals surface area contributed by atoms with Gasteiger partial charge in [0.15, 0.2) is 5.75 Å². The Bertz CT molecular complexity index is 3190. The summed E-state index contributed by atoms with van der Waals surface area (Å²) >= 11 is 0. The molecule has 0 saturated carbocycles. The number of amides is 3. The maximum absolute atomic E-state index is 14.4. The fourth-order valence-electron chi connectivity index (χ4n) is 10.2. The number of Topliss-reactive ketones (excluding diaryl/α,β-unsaturated/α-hetero) is 1. The first-order valence-electron chi connectivity index (χ1n) is 30.4. The van der Waals surface area contributed by atoms with E-state index in [2.05, 4.69) is 40.9 Å². The van der Waals surface area contributed by atoms with Crippen LogP contribution in [0.2, 0.25) is 0 Å². The Kier molecular flexibility index (Phi) is 32.7. The summed E-state index contributed by atoms with van der Waals surface area (Å²) in [4.78, 5) is 74.7. The average Bonchev–Trinajstić information content (AvgIpc) is 1.45. The number of esters is 1. The number of carbonyl (C=O) groups excluding carboxylic acids is 5. The standard InChI is InChI=1S/C43H58N4O12.C10H24N2O2.C6H7N3O.C5H5N3O.ClH/c1-21-12-11-13-22(2)42(55)45-33-28(20-44-47-17-15-46(9)16-18-47)37(52)30-31(38(33)53)36(51)26(6)40-32(30)41(54)43(8,59-40)57-19-14-29(56-10)23(3)39(58-27(7)48)25(5)35(50)24(4)34(21)49;1-3-9(7-13)11-5-6-12-10(4-2)8-14;7-9-6(10)5-1-3-8-4-2-5;6-5(9)4-3-7-1-2-8-4;/h11-14,19-21,23-25,29,34-35,39,49-53H,15-18H2,1-10H3,(H,45,55);9-14H,3-8H2,1-2H3;1-4H,7H2,(H,9,10);1-3H,(H2,6,9);1H/b12-11+,19-14+,22-13-,44-20+;;;;/t21-,23+,24+,25+,29-,34-,35+,39+,43-;9-,10-;;;/m00.../s1. The maximum atomic E-state index is 14.4. The molecule has 1 saturated heterocycles. The Balaban J connectivity index is 0.000000533. The number of ether oxygens (including phenoxy) is 4. The molecule has 0 radical (unpaired) electrons. The van der Waals surface area contributed by atoms with Crippen molar-refractivity contribution in [2.24, 2.45) is 40.3 Å². The highest BCUT2D eigenvalue weighted by Crippen LogP contribution is 2.55. The van der Waals surface area contributed by atoms with E-state index in [1.807, 2.05) is 26.3 Å². The van der Waals surface area contributed by atoms with E-state index in [1.165, 1.54) is 90.4 Å². The third-order valence-electron chi connectivity index (χ3n) is 16.2. The van der Waals surface area contributed by atoms with Crippen molar-refractivity contribution in [1.29, 1.82) is 0 Å². The number of benzene rings is 2. The fourth-order valence-corrected chi connectivity index (χ4v) is 10.2. The van der Waals surface area contributed by atoms with E-state index in [0.717, 1.165) is 39.0 Å². The van der Waals surface area contributed by atoms with E-state index in [4.69, 9.17) is 40.7 Å². The summed E-state index contributed by atoms with van der Waals surface area (Å²) in [6.45, 7) is 21.2. The molecule has 93 heavy (non-hydrogen) atoms. The third kappa shape index (κ3) is 21.6. The topological polar surface area (TPSA) is 422 Å². The van der Waals surface area contributed by atoms with Gasteiger partial charge in [-0.05, 0) is 51.9 Å². The maximum Gasteiger partial charge on any atom is 0.312 e. The van der Waals surface area contributed by atoms with Crippen LogP contribution in [0.4, 0.5) is 5.69 Å². The van der Waals surface area contributed by atoms with E-state index in [0.29, 0.717) is 18.7 Å². The number of nitrogens with one attached hydrogen (secondary N) is 4. The van der Waals surface area contributed by atoms with Crippen molar-refractivity contribution in [1.82, 2.24) is 40.9 Å². The number of primary amides is 1. The zero-order valence-corrected chi connectivity index (χ0v) is 55.7. The first kappa shape index (κ1) is 79.3. The highest BCUT2D eigenvalue weighted by Gasteiger charge is 2.50. The molecule has 15 N–H and O–H groups in total. The Morgan fingerprint density at radius 2 is 1.48 bits per heavy atom. The van der Waals surface area contributed by atoms with Crippen LogP contribution in [0.25, 0.3) is 10.8 Å². The Morgan fingerprint density at radius 3 is 2.00 bits per heavy atom. The molecule has 4 aliphatic heterocycles. The number of aromatic nitrogens is 3. The summed E-state index contributed by atoms with van der Waals surface area (Å²) in [7, 11) is 3.42. The van der Waals surface area contributed by atoms with Gasteiger partial charge in [0.2, 0.25) is 0 Å². The van der Waals surface area contributed by atoms with Crippen LogP contribution in [0.1, 0.15) is 117 Å². The number of nitrogens with two attached hydrogens (primary N) is 2. The number of carbonyl (C=O) groups is 5. The monoisotopic (exact) mass is 1320 g/mol. The second-order valence-corrected chi connectivity index (χ2v) is 22.8. The number of phenolic OH excluding ortho intramolecular Hbond substituents is 3. The summed E-state index contributed by atoms with van der Waals surface area (Å²) in [6.07, 6.45) is 14.0. The number of halogens is 1. The predicted molar refractivity (Wildman–Crippen MR) is 353 cm³/mol. The molecule has 4 aliphatic rings. The summed E-state index contributed by atoms with van der Waals surface area (Å²) in [6, 6.07) is 3.57. The van der Waals surface area contributed by atoms with E-state index < -0.39 is 94.7 Å². The summed E-state index contributed by atoms with van der Waals surface area (Å²) in [5, 5.41) is 91.1. The summed E-state index contributed by atoms with van der Waals surface area (Å²) in [5.41, 5.74) is 7.24. The number of hydrazone groups is 1. The number of aliphatic hydroxyl groups excluding tert-OH is 4. The molecule has 0 spiro atoms. The zero-order chi connectivity index (χ0) is 68.6. The van der Waals surface area contributed by atoms with Gasteiger partial charge in [-0.3, -0.25) is 44.4 Å². The molecule has 11 atom stereocenters. The van der Waals surface area contributed by atoms with Gasteiger partial charge in [0.25, 0.3) is 23.5 Å². The van der Waals surface area contributed by atoms with Crippen LogP contribution in [0.15, 0.2) is 84.4 Å². The minimum absolute atomic E-state index is 0. The van der Waals surface area contributed by atoms with Gasteiger partial charge in [-0.2, -0.15) is 5.10 Å². The molecule has 0 aliphatic carbocycles.